The summed E-state index contributed by atoms with van der Waals surface area (Å²) in [5.41, 5.74) is 5.95. The number of aromatic nitrogens is 6. The second-order valence-electron chi connectivity index (χ2n) is 7.19. The molecule has 174 valence electrons. The average Bonchev–Trinajstić information content (AvgIpc) is 3.26. The minimum absolute atomic E-state index is 0.0230. The Balaban J connectivity index is 1.88. The van der Waals surface area contributed by atoms with Gasteiger partial charge in [0, 0.05) is 29.6 Å². The quantitative estimate of drug-likeness (QED) is 0.321. The first-order valence-electron chi connectivity index (χ1n) is 10.1. The second kappa shape index (κ2) is 11.1. The van der Waals surface area contributed by atoms with E-state index in [4.69, 9.17) is 22.1 Å². The molecule has 0 bridgehead atoms. The number of methoxy groups -OCH3 is 1. The van der Waals surface area contributed by atoms with Gasteiger partial charge in [-0.05, 0) is 37.2 Å². The molecule has 0 aromatic carbocycles. The van der Waals surface area contributed by atoms with Gasteiger partial charge in [-0.3, -0.25) is 14.1 Å². The molecule has 0 unspecified atom stereocenters. The molecule has 10 nitrogen and oxygen atoms in total. The first-order chi connectivity index (χ1) is 15.8. The summed E-state index contributed by atoms with van der Waals surface area (Å²) in [4.78, 5) is 25.6. The van der Waals surface area contributed by atoms with E-state index in [1.807, 2.05) is 13.8 Å². The van der Waals surface area contributed by atoms with E-state index >= 15 is 0 Å². The smallest absolute Gasteiger partial charge is 0.235 e. The van der Waals surface area contributed by atoms with Gasteiger partial charge in [0.25, 0.3) is 0 Å². The first-order valence-corrected chi connectivity index (χ1v) is 11.4. The molecule has 3 atom stereocenters. The standard InChI is InChI=1S/C21H25ClN8O2S/c1-12(19-24-10-15(22)11-25-19)14(3)33-29-21-28-27-20(16-6-5-7-18(26-16)32-4)30(21)13(2)17(31)8-9-23/h5-14H,23H2,1-4H3,(H,28,29)/t12-,13-,14-/m0/s1. The van der Waals surface area contributed by atoms with Gasteiger partial charge in [-0.25, -0.2) is 15.0 Å². The Kier molecular flexibility index (Phi) is 8.23. The minimum atomic E-state index is -0.627. The summed E-state index contributed by atoms with van der Waals surface area (Å²) in [5, 5.41) is 9.11. The van der Waals surface area contributed by atoms with E-state index in [1.165, 1.54) is 31.3 Å². The van der Waals surface area contributed by atoms with Crippen LogP contribution in [0.1, 0.15) is 38.6 Å². The lowest BCUT2D eigenvalue weighted by Crippen LogP contribution is -2.19. The molecular formula is C21H25ClN8O2S. The number of hydrogen-bond donors (Lipinski definition) is 2. The molecule has 3 aromatic rings. The van der Waals surface area contributed by atoms with Crippen molar-refractivity contribution in [1.82, 2.24) is 29.7 Å². The number of hydrogen-bond acceptors (Lipinski definition) is 10. The number of carbonyl (C=O) groups is 1. The highest BCUT2D eigenvalue weighted by Gasteiger charge is 2.25. The molecule has 0 amide bonds. The highest BCUT2D eigenvalue weighted by molar-refractivity contribution is 8.01. The Morgan fingerprint density at radius 3 is 2.64 bits per heavy atom. The van der Waals surface area contributed by atoms with Gasteiger partial charge >= 0.3 is 0 Å². The number of carbonyl (C=O) groups excluding carboxylic acids is 1. The predicted molar refractivity (Wildman–Crippen MR) is 129 cm³/mol. The number of ether oxygens (including phenoxy) is 1. The molecule has 12 heteroatoms. The van der Waals surface area contributed by atoms with E-state index in [0.29, 0.717) is 34.2 Å². The van der Waals surface area contributed by atoms with E-state index in [-0.39, 0.29) is 17.0 Å². The van der Waals surface area contributed by atoms with E-state index in [9.17, 15) is 4.79 Å². The molecule has 3 rings (SSSR count). The third kappa shape index (κ3) is 5.79. The van der Waals surface area contributed by atoms with Gasteiger partial charge in [-0.1, -0.05) is 31.5 Å². The van der Waals surface area contributed by atoms with Gasteiger partial charge in [-0.15, -0.1) is 10.2 Å². The Hall–Kier alpha value is -3.18. The lowest BCUT2D eigenvalue weighted by molar-refractivity contribution is -0.117. The molecule has 33 heavy (non-hydrogen) atoms. The Labute approximate surface area is 201 Å². The van der Waals surface area contributed by atoms with Crippen molar-refractivity contribution in [3.05, 3.63) is 53.7 Å². The fourth-order valence-electron chi connectivity index (χ4n) is 2.93. The average molecular weight is 489 g/mol. The fraction of sp³-hybridized carbons (Fsp3) is 0.333. The number of ketones is 1. The van der Waals surface area contributed by atoms with Crippen LogP contribution in [-0.2, 0) is 4.79 Å². The van der Waals surface area contributed by atoms with Crippen LogP contribution in [0.2, 0.25) is 5.02 Å². The number of nitrogens with one attached hydrogen (secondary N) is 1. The van der Waals surface area contributed by atoms with E-state index in [1.54, 1.807) is 42.1 Å². The normalized spacial score (nSPS) is 14.1. The van der Waals surface area contributed by atoms with E-state index in [0.717, 1.165) is 0 Å². The monoisotopic (exact) mass is 488 g/mol. The lowest BCUT2D eigenvalue weighted by atomic mass is 10.1. The lowest BCUT2D eigenvalue weighted by Gasteiger charge is -2.20. The molecule has 0 saturated heterocycles. The predicted octanol–water partition coefficient (Wildman–Crippen LogP) is 3.65. The summed E-state index contributed by atoms with van der Waals surface area (Å²) in [7, 11) is 1.53. The largest absolute Gasteiger partial charge is 0.481 e. The van der Waals surface area contributed by atoms with E-state index < -0.39 is 6.04 Å². The zero-order valence-electron chi connectivity index (χ0n) is 18.6. The van der Waals surface area contributed by atoms with Crippen LogP contribution in [0.3, 0.4) is 0 Å². The number of rotatable bonds is 10. The molecule has 0 fully saturated rings. The summed E-state index contributed by atoms with van der Waals surface area (Å²) >= 11 is 7.31. The zero-order valence-corrected chi connectivity index (χ0v) is 20.2. The summed E-state index contributed by atoms with van der Waals surface area (Å²) in [6.07, 6.45) is 5.68. The van der Waals surface area contributed by atoms with Gasteiger partial charge in [-0.2, -0.15) is 0 Å². The number of allylic oxidation sites excluding steroid dienone is 1. The van der Waals surface area contributed by atoms with Crippen molar-refractivity contribution >= 4 is 35.3 Å². The van der Waals surface area contributed by atoms with E-state index in [2.05, 4.69) is 29.9 Å². The van der Waals surface area contributed by atoms with Crippen molar-refractivity contribution in [1.29, 1.82) is 0 Å². The van der Waals surface area contributed by atoms with Crippen LogP contribution in [0.15, 0.2) is 42.9 Å². The van der Waals surface area contributed by atoms with Crippen molar-refractivity contribution in [2.24, 2.45) is 5.73 Å². The van der Waals surface area contributed by atoms with Gasteiger partial charge < -0.3 is 10.5 Å². The zero-order chi connectivity index (χ0) is 24.0. The second-order valence-corrected chi connectivity index (χ2v) is 8.81. The van der Waals surface area contributed by atoms with Crippen LogP contribution in [0.5, 0.6) is 5.88 Å². The van der Waals surface area contributed by atoms with Gasteiger partial charge in [0.15, 0.2) is 11.6 Å². The molecule has 0 saturated carbocycles. The SMILES string of the molecule is COc1cccc(-c2nnc(NS[C@@H](C)[C@H](C)c3ncc(Cl)cn3)n2[C@@H](C)C(=O)C=CN)n1. The summed E-state index contributed by atoms with van der Waals surface area (Å²) in [6.45, 7) is 5.81. The third-order valence-electron chi connectivity index (χ3n) is 5.00. The van der Waals surface area contributed by atoms with Crippen LogP contribution in [-0.4, -0.2) is 47.9 Å². The Morgan fingerprint density at radius 1 is 1.24 bits per heavy atom. The number of halogens is 1. The third-order valence-corrected chi connectivity index (χ3v) is 6.28. The van der Waals surface area contributed by atoms with Crippen LogP contribution in [0.4, 0.5) is 5.95 Å². The van der Waals surface area contributed by atoms with Crippen molar-refractivity contribution in [3.63, 3.8) is 0 Å². The van der Waals surface area contributed by atoms with Crippen molar-refractivity contribution in [2.45, 2.75) is 38.0 Å². The molecule has 0 spiro atoms. The first kappa shape index (κ1) is 24.5. The molecular weight excluding hydrogens is 464 g/mol. The summed E-state index contributed by atoms with van der Waals surface area (Å²) in [6, 6.07) is 4.67. The maximum atomic E-state index is 12.6. The number of nitrogens with two attached hydrogens (primary N) is 1. The number of pyridine rings is 1. The number of nitrogens with zero attached hydrogens (tertiary/aromatic N) is 6. The molecule has 0 aliphatic carbocycles. The molecule has 3 N–H and O–H groups in total. The maximum absolute atomic E-state index is 12.6. The highest BCUT2D eigenvalue weighted by Crippen LogP contribution is 2.30. The molecule has 3 aromatic heterocycles. The van der Waals surface area contributed by atoms with Crippen molar-refractivity contribution in [2.75, 3.05) is 11.8 Å². The van der Waals surface area contributed by atoms with Crippen LogP contribution in [0.25, 0.3) is 11.5 Å². The highest BCUT2D eigenvalue weighted by atomic mass is 35.5. The van der Waals surface area contributed by atoms with Gasteiger partial charge in [0.05, 0.1) is 18.2 Å². The molecule has 3 heterocycles. The molecule has 0 radical (unpaired) electrons. The maximum Gasteiger partial charge on any atom is 0.235 e. The van der Waals surface area contributed by atoms with Gasteiger partial charge in [0.1, 0.15) is 11.5 Å². The fourth-order valence-corrected chi connectivity index (χ4v) is 3.79. The Bertz CT molecular complexity index is 1120. The van der Waals surface area contributed by atoms with Crippen LogP contribution >= 0.6 is 23.5 Å². The van der Waals surface area contributed by atoms with Crippen LogP contribution in [0, 0.1) is 0 Å². The minimum Gasteiger partial charge on any atom is -0.481 e. The van der Waals surface area contributed by atoms with Crippen molar-refractivity contribution in [3.8, 4) is 17.4 Å². The summed E-state index contributed by atoms with van der Waals surface area (Å²) in [5.74, 6) is 1.75. The topological polar surface area (TPSA) is 134 Å². The summed E-state index contributed by atoms with van der Waals surface area (Å²) < 4.78 is 10.1. The van der Waals surface area contributed by atoms with Crippen molar-refractivity contribution < 1.29 is 9.53 Å². The van der Waals surface area contributed by atoms with Crippen LogP contribution < -0.4 is 15.2 Å². The Morgan fingerprint density at radius 2 is 1.97 bits per heavy atom. The molecule has 0 aliphatic rings. The van der Waals surface area contributed by atoms with Gasteiger partial charge in [0.2, 0.25) is 11.8 Å². The number of anilines is 1. The molecule has 0 aliphatic heterocycles.